The Morgan fingerprint density at radius 2 is 1.37 bits per heavy atom. The average Bonchev–Trinajstić information content (AvgIpc) is 2.89. The summed E-state index contributed by atoms with van der Waals surface area (Å²) >= 11 is 0. The van der Waals surface area contributed by atoms with Crippen LogP contribution < -0.4 is 0 Å². The molecule has 0 amide bonds. The van der Waals surface area contributed by atoms with Gasteiger partial charge < -0.3 is 0 Å². The molecule has 2 aromatic carbocycles. The van der Waals surface area contributed by atoms with Crippen molar-refractivity contribution < 1.29 is 8.78 Å². The van der Waals surface area contributed by atoms with Crippen molar-refractivity contribution in [2.75, 3.05) is 0 Å². The van der Waals surface area contributed by atoms with Crippen LogP contribution in [0.3, 0.4) is 0 Å². The first-order chi connectivity index (χ1) is 17.0. The lowest BCUT2D eigenvalue weighted by molar-refractivity contribution is 0.318. The Morgan fingerprint density at radius 1 is 0.714 bits per heavy atom. The lowest BCUT2D eigenvalue weighted by atomic mass is 9.77. The van der Waals surface area contributed by atoms with E-state index in [1.54, 1.807) is 12.1 Å². The minimum Gasteiger partial charge on any atom is -0.207 e. The molecule has 1 atom stereocenters. The van der Waals surface area contributed by atoms with Gasteiger partial charge in [-0.05, 0) is 122 Å². The molecule has 3 aliphatic rings. The number of hydrogen-bond donors (Lipinski definition) is 0. The topological polar surface area (TPSA) is 0 Å². The number of hydrogen-bond acceptors (Lipinski definition) is 0. The van der Waals surface area contributed by atoms with Gasteiger partial charge in [0, 0.05) is 5.56 Å². The Morgan fingerprint density at radius 3 is 2.00 bits per heavy atom. The van der Waals surface area contributed by atoms with E-state index < -0.39 is 0 Å². The third kappa shape index (κ3) is 5.57. The average molecular weight is 477 g/mol. The molecular weight excluding hydrogens is 434 g/mol. The minimum atomic E-state index is -0.0676. The zero-order valence-electron chi connectivity index (χ0n) is 21.7. The fourth-order valence-electron chi connectivity index (χ4n) is 7.03. The van der Waals surface area contributed by atoms with Gasteiger partial charge >= 0.3 is 0 Å². The standard InChI is InChI=1S/C33H42F2/c1-3-23-6-10-24(11-7-23)28-16-19-31(33(35)20-28)27-14-12-25(13-15-27)29-17-18-30(32(34)21-29)26-8-4-22(2)5-9-26/h14,16-26H,3-13,15H2,1-2H3. The maximum Gasteiger partial charge on any atom is 0.130 e. The predicted molar refractivity (Wildman–Crippen MR) is 143 cm³/mol. The molecule has 35 heavy (non-hydrogen) atoms. The van der Waals surface area contributed by atoms with Crippen LogP contribution in [0.2, 0.25) is 0 Å². The van der Waals surface area contributed by atoms with Crippen LogP contribution in [0.25, 0.3) is 5.57 Å². The summed E-state index contributed by atoms with van der Waals surface area (Å²) in [6.45, 7) is 4.59. The molecule has 0 bridgehead atoms. The van der Waals surface area contributed by atoms with Crippen LogP contribution in [0.1, 0.15) is 131 Å². The first-order valence-electron chi connectivity index (χ1n) is 14.3. The summed E-state index contributed by atoms with van der Waals surface area (Å²) in [5, 5.41) is 0. The van der Waals surface area contributed by atoms with E-state index in [0.29, 0.717) is 17.8 Å². The molecule has 0 spiro atoms. The highest BCUT2D eigenvalue weighted by Gasteiger charge is 2.25. The van der Waals surface area contributed by atoms with E-state index in [0.717, 1.165) is 66.2 Å². The van der Waals surface area contributed by atoms with Crippen LogP contribution in [-0.4, -0.2) is 0 Å². The fraction of sp³-hybridized carbons (Fsp3) is 0.576. The van der Waals surface area contributed by atoms with E-state index in [1.807, 2.05) is 6.07 Å². The quantitative estimate of drug-likeness (QED) is 0.402. The highest BCUT2D eigenvalue weighted by atomic mass is 19.1. The van der Waals surface area contributed by atoms with Crippen LogP contribution in [0.4, 0.5) is 8.78 Å². The summed E-state index contributed by atoms with van der Waals surface area (Å²) in [6.07, 6.45) is 15.7. The molecule has 188 valence electrons. The molecular formula is C33H42F2. The van der Waals surface area contributed by atoms with Gasteiger partial charge in [0.05, 0.1) is 0 Å². The Balaban J connectivity index is 1.23. The van der Waals surface area contributed by atoms with Crippen LogP contribution >= 0.6 is 0 Å². The van der Waals surface area contributed by atoms with Gasteiger partial charge in [0.15, 0.2) is 0 Å². The van der Waals surface area contributed by atoms with E-state index in [4.69, 9.17) is 0 Å². The summed E-state index contributed by atoms with van der Waals surface area (Å²) in [7, 11) is 0. The first kappa shape index (κ1) is 24.7. The Kier molecular flexibility index (Phi) is 7.75. The number of allylic oxidation sites excluding steroid dienone is 2. The Bertz CT molecular complexity index is 1040. The fourth-order valence-corrected chi connectivity index (χ4v) is 7.03. The molecule has 0 aromatic heterocycles. The van der Waals surface area contributed by atoms with Crippen molar-refractivity contribution in [3.8, 4) is 0 Å². The zero-order chi connectivity index (χ0) is 24.4. The van der Waals surface area contributed by atoms with E-state index in [1.165, 1.54) is 50.5 Å². The van der Waals surface area contributed by atoms with Gasteiger partial charge in [-0.3, -0.25) is 0 Å². The molecule has 3 aliphatic carbocycles. The summed E-state index contributed by atoms with van der Waals surface area (Å²) in [6, 6.07) is 12.0. The molecule has 0 heterocycles. The van der Waals surface area contributed by atoms with Crippen molar-refractivity contribution in [2.24, 2.45) is 11.8 Å². The summed E-state index contributed by atoms with van der Waals surface area (Å²) < 4.78 is 30.2. The summed E-state index contributed by atoms with van der Waals surface area (Å²) in [4.78, 5) is 0. The van der Waals surface area contributed by atoms with E-state index >= 15 is 8.78 Å². The van der Waals surface area contributed by atoms with E-state index in [2.05, 4.69) is 38.1 Å². The van der Waals surface area contributed by atoms with Gasteiger partial charge in [-0.1, -0.05) is 63.5 Å². The molecule has 0 saturated heterocycles. The second kappa shape index (κ2) is 11.0. The zero-order valence-corrected chi connectivity index (χ0v) is 21.7. The molecule has 0 aliphatic heterocycles. The summed E-state index contributed by atoms with van der Waals surface area (Å²) in [5.74, 6) is 2.76. The molecule has 1 unspecified atom stereocenters. The third-order valence-electron chi connectivity index (χ3n) is 9.60. The number of halogens is 2. The molecule has 5 rings (SSSR count). The van der Waals surface area contributed by atoms with Crippen molar-refractivity contribution in [3.05, 3.63) is 76.4 Å². The molecule has 0 nitrogen and oxygen atoms in total. The lowest BCUT2D eigenvalue weighted by Gasteiger charge is -2.29. The predicted octanol–water partition coefficient (Wildman–Crippen LogP) is 10.3. The highest BCUT2D eigenvalue weighted by Crippen LogP contribution is 2.41. The first-order valence-corrected chi connectivity index (χ1v) is 14.3. The Labute approximate surface area is 211 Å². The molecule has 0 N–H and O–H groups in total. The highest BCUT2D eigenvalue weighted by molar-refractivity contribution is 5.67. The molecule has 2 aromatic rings. The van der Waals surface area contributed by atoms with Crippen molar-refractivity contribution in [1.29, 1.82) is 0 Å². The van der Waals surface area contributed by atoms with Crippen molar-refractivity contribution in [2.45, 2.75) is 109 Å². The van der Waals surface area contributed by atoms with Gasteiger partial charge in [0.25, 0.3) is 0 Å². The molecule has 0 radical (unpaired) electrons. The van der Waals surface area contributed by atoms with Gasteiger partial charge in [-0.15, -0.1) is 0 Å². The minimum absolute atomic E-state index is 0.0218. The SMILES string of the molecule is CCC1CCC(c2ccc(C3=CCC(c4ccc(C5CCC(C)CC5)c(F)c4)CC3)c(F)c2)CC1. The van der Waals surface area contributed by atoms with Crippen LogP contribution in [-0.2, 0) is 0 Å². The van der Waals surface area contributed by atoms with Gasteiger partial charge in [0.2, 0.25) is 0 Å². The summed E-state index contributed by atoms with van der Waals surface area (Å²) in [5.41, 5.74) is 5.08. The maximum atomic E-state index is 15.2. The molecule has 2 saturated carbocycles. The monoisotopic (exact) mass is 476 g/mol. The van der Waals surface area contributed by atoms with Gasteiger partial charge in [0.1, 0.15) is 11.6 Å². The van der Waals surface area contributed by atoms with Crippen LogP contribution in [0, 0.1) is 23.5 Å². The van der Waals surface area contributed by atoms with Crippen molar-refractivity contribution in [3.63, 3.8) is 0 Å². The van der Waals surface area contributed by atoms with Crippen molar-refractivity contribution >= 4 is 5.57 Å². The Hall–Kier alpha value is -1.96. The normalized spacial score (nSPS) is 29.6. The second-order valence-electron chi connectivity index (χ2n) is 11.8. The lowest BCUT2D eigenvalue weighted by Crippen LogP contribution is -2.13. The third-order valence-corrected chi connectivity index (χ3v) is 9.60. The van der Waals surface area contributed by atoms with Crippen LogP contribution in [0.15, 0.2) is 42.5 Å². The second-order valence-corrected chi connectivity index (χ2v) is 11.8. The number of rotatable bonds is 5. The van der Waals surface area contributed by atoms with Gasteiger partial charge in [-0.2, -0.15) is 0 Å². The smallest absolute Gasteiger partial charge is 0.130 e. The number of benzene rings is 2. The van der Waals surface area contributed by atoms with Crippen LogP contribution in [0.5, 0.6) is 0 Å². The maximum absolute atomic E-state index is 15.2. The van der Waals surface area contributed by atoms with Gasteiger partial charge in [-0.25, -0.2) is 8.78 Å². The van der Waals surface area contributed by atoms with Crippen molar-refractivity contribution in [1.82, 2.24) is 0 Å². The largest absolute Gasteiger partial charge is 0.207 e. The van der Waals surface area contributed by atoms with E-state index in [9.17, 15) is 0 Å². The van der Waals surface area contributed by atoms with E-state index in [-0.39, 0.29) is 11.6 Å². The molecule has 2 heteroatoms. The molecule has 2 fully saturated rings.